The average molecular weight is 248 g/mol. The molecule has 0 spiro atoms. The van der Waals surface area contributed by atoms with Crippen LogP contribution < -0.4 is 11.1 Å². The van der Waals surface area contributed by atoms with Crippen LogP contribution in [0.3, 0.4) is 0 Å². The van der Waals surface area contributed by atoms with Gasteiger partial charge in [0.1, 0.15) is 0 Å². The van der Waals surface area contributed by atoms with E-state index in [1.165, 1.54) is 5.56 Å². The molecule has 100 valence electrons. The second kappa shape index (κ2) is 6.55. The second-order valence-electron chi connectivity index (χ2n) is 5.55. The van der Waals surface area contributed by atoms with Crippen LogP contribution in [0.2, 0.25) is 0 Å². The number of nitrogens with two attached hydrogens (primary N) is 1. The minimum atomic E-state index is -0.485. The monoisotopic (exact) mass is 248 g/mol. The lowest BCUT2D eigenvalue weighted by Crippen LogP contribution is -2.43. The third kappa shape index (κ3) is 4.88. The zero-order valence-corrected chi connectivity index (χ0v) is 11.6. The summed E-state index contributed by atoms with van der Waals surface area (Å²) in [6.07, 6.45) is 2.10. The van der Waals surface area contributed by atoms with E-state index < -0.39 is 5.41 Å². The molecule has 1 aromatic carbocycles. The van der Waals surface area contributed by atoms with Crippen molar-refractivity contribution in [3.63, 3.8) is 0 Å². The summed E-state index contributed by atoms with van der Waals surface area (Å²) in [6.45, 7) is 6.50. The number of nitrogens with one attached hydrogen (secondary N) is 1. The van der Waals surface area contributed by atoms with Gasteiger partial charge < -0.3 is 11.1 Å². The van der Waals surface area contributed by atoms with Gasteiger partial charge in [0.05, 0.1) is 5.41 Å². The number of carbonyl (C=O) groups excluding carboxylic acids is 1. The Labute approximate surface area is 110 Å². The van der Waals surface area contributed by atoms with E-state index in [1.54, 1.807) is 0 Å². The fraction of sp³-hybridized carbons (Fsp3) is 0.533. The maximum Gasteiger partial charge on any atom is 0.224 e. The van der Waals surface area contributed by atoms with Crippen LogP contribution in [0.15, 0.2) is 30.3 Å². The van der Waals surface area contributed by atoms with Gasteiger partial charge in [0.2, 0.25) is 5.91 Å². The first-order valence-electron chi connectivity index (χ1n) is 6.49. The molecule has 0 bridgehead atoms. The van der Waals surface area contributed by atoms with Crippen molar-refractivity contribution >= 4 is 5.91 Å². The maximum atomic E-state index is 11.2. The molecule has 1 rings (SSSR count). The van der Waals surface area contributed by atoms with E-state index in [-0.39, 0.29) is 5.91 Å². The predicted molar refractivity (Wildman–Crippen MR) is 75.2 cm³/mol. The number of hydrogen-bond donors (Lipinski definition) is 2. The molecule has 0 fully saturated rings. The van der Waals surface area contributed by atoms with Gasteiger partial charge in [-0.25, -0.2) is 0 Å². The molecule has 1 amide bonds. The topological polar surface area (TPSA) is 55.1 Å². The summed E-state index contributed by atoms with van der Waals surface area (Å²) in [7, 11) is 0. The third-order valence-corrected chi connectivity index (χ3v) is 3.27. The molecule has 0 saturated carbocycles. The molecule has 0 aliphatic carbocycles. The quantitative estimate of drug-likeness (QED) is 0.776. The smallest absolute Gasteiger partial charge is 0.224 e. The van der Waals surface area contributed by atoms with Crippen molar-refractivity contribution in [2.75, 3.05) is 6.54 Å². The summed E-state index contributed by atoms with van der Waals surface area (Å²) < 4.78 is 0. The van der Waals surface area contributed by atoms with E-state index in [2.05, 4.69) is 36.5 Å². The van der Waals surface area contributed by atoms with Gasteiger partial charge in [-0.2, -0.15) is 0 Å². The molecule has 0 aliphatic heterocycles. The van der Waals surface area contributed by atoms with Crippen LogP contribution in [0.5, 0.6) is 0 Å². The zero-order chi connectivity index (χ0) is 13.6. The molecule has 1 unspecified atom stereocenters. The Bertz CT molecular complexity index is 373. The molecular weight excluding hydrogens is 224 g/mol. The Morgan fingerprint density at radius 1 is 1.33 bits per heavy atom. The highest BCUT2D eigenvalue weighted by molar-refractivity contribution is 5.80. The van der Waals surface area contributed by atoms with E-state index in [4.69, 9.17) is 5.73 Å². The van der Waals surface area contributed by atoms with Crippen LogP contribution in [0.1, 0.15) is 32.8 Å². The van der Waals surface area contributed by atoms with Crippen LogP contribution >= 0.6 is 0 Å². The highest BCUT2D eigenvalue weighted by Gasteiger charge is 2.24. The van der Waals surface area contributed by atoms with Crippen molar-refractivity contribution in [1.29, 1.82) is 0 Å². The van der Waals surface area contributed by atoms with Crippen molar-refractivity contribution in [3.05, 3.63) is 35.9 Å². The molecule has 3 N–H and O–H groups in total. The van der Waals surface area contributed by atoms with Gasteiger partial charge in [-0.1, -0.05) is 30.3 Å². The number of carbonyl (C=O) groups is 1. The molecule has 0 heterocycles. The summed E-state index contributed by atoms with van der Waals surface area (Å²) >= 11 is 0. The van der Waals surface area contributed by atoms with Gasteiger partial charge in [-0.05, 0) is 39.2 Å². The van der Waals surface area contributed by atoms with Crippen LogP contribution in [0.25, 0.3) is 0 Å². The molecule has 3 heteroatoms. The van der Waals surface area contributed by atoms with Crippen molar-refractivity contribution in [3.8, 4) is 0 Å². The SMILES string of the molecule is CC(CCc1ccccc1)NCC(C)(C)C(N)=O. The van der Waals surface area contributed by atoms with Gasteiger partial charge in [-0.3, -0.25) is 4.79 Å². The maximum absolute atomic E-state index is 11.2. The van der Waals surface area contributed by atoms with E-state index in [9.17, 15) is 4.79 Å². The first-order valence-corrected chi connectivity index (χ1v) is 6.49. The Kier molecular flexibility index (Phi) is 5.35. The third-order valence-electron chi connectivity index (χ3n) is 3.27. The summed E-state index contributed by atoms with van der Waals surface area (Å²) in [5, 5.41) is 3.37. The number of benzene rings is 1. The largest absolute Gasteiger partial charge is 0.369 e. The molecule has 1 aromatic rings. The number of hydrogen-bond acceptors (Lipinski definition) is 2. The number of primary amides is 1. The predicted octanol–water partition coefficient (Wildman–Crippen LogP) is 2.11. The van der Waals surface area contributed by atoms with Crippen molar-refractivity contribution in [2.24, 2.45) is 11.1 Å². The molecule has 1 atom stereocenters. The summed E-state index contributed by atoms with van der Waals surface area (Å²) in [5.74, 6) is -0.259. The zero-order valence-electron chi connectivity index (χ0n) is 11.6. The first kappa shape index (κ1) is 14.7. The fourth-order valence-corrected chi connectivity index (χ4v) is 1.65. The van der Waals surface area contributed by atoms with Gasteiger partial charge in [-0.15, -0.1) is 0 Å². The van der Waals surface area contributed by atoms with Gasteiger partial charge in [0, 0.05) is 12.6 Å². The summed E-state index contributed by atoms with van der Waals surface area (Å²) in [5.41, 5.74) is 6.20. The second-order valence-corrected chi connectivity index (χ2v) is 5.55. The lowest BCUT2D eigenvalue weighted by Gasteiger charge is -2.24. The van der Waals surface area contributed by atoms with Crippen LogP contribution in [0, 0.1) is 5.41 Å². The lowest BCUT2D eigenvalue weighted by atomic mass is 9.92. The highest BCUT2D eigenvalue weighted by Crippen LogP contribution is 2.13. The molecule has 0 saturated heterocycles. The first-order chi connectivity index (χ1) is 8.42. The molecule has 0 radical (unpaired) electrons. The number of aryl methyl sites for hydroxylation is 1. The van der Waals surface area contributed by atoms with Crippen LogP contribution in [0.4, 0.5) is 0 Å². The van der Waals surface area contributed by atoms with Crippen LogP contribution in [-0.2, 0) is 11.2 Å². The standard InChI is InChI=1S/C15H24N2O/c1-12(17-11-15(2,3)14(16)18)9-10-13-7-5-4-6-8-13/h4-8,12,17H,9-11H2,1-3H3,(H2,16,18). The molecule has 18 heavy (non-hydrogen) atoms. The minimum Gasteiger partial charge on any atom is -0.369 e. The summed E-state index contributed by atoms with van der Waals surface area (Å²) in [4.78, 5) is 11.2. The van der Waals surface area contributed by atoms with Gasteiger partial charge in [0.25, 0.3) is 0 Å². The minimum absolute atomic E-state index is 0.259. The van der Waals surface area contributed by atoms with Crippen molar-refractivity contribution in [1.82, 2.24) is 5.32 Å². The Morgan fingerprint density at radius 3 is 2.50 bits per heavy atom. The van der Waals surface area contributed by atoms with E-state index in [1.807, 2.05) is 19.9 Å². The van der Waals surface area contributed by atoms with Gasteiger partial charge in [0.15, 0.2) is 0 Å². The Hall–Kier alpha value is -1.35. The Balaban J connectivity index is 2.30. The fourth-order valence-electron chi connectivity index (χ4n) is 1.65. The van der Waals surface area contributed by atoms with Gasteiger partial charge >= 0.3 is 0 Å². The Morgan fingerprint density at radius 2 is 1.94 bits per heavy atom. The average Bonchev–Trinajstić information content (AvgIpc) is 2.35. The molecule has 0 aliphatic rings. The normalized spacial score (nSPS) is 13.3. The summed E-state index contributed by atoms with van der Waals surface area (Å²) in [6, 6.07) is 10.8. The van der Waals surface area contributed by atoms with E-state index in [0.717, 1.165) is 12.8 Å². The van der Waals surface area contributed by atoms with E-state index in [0.29, 0.717) is 12.6 Å². The number of rotatable bonds is 7. The van der Waals surface area contributed by atoms with Crippen molar-refractivity contribution < 1.29 is 4.79 Å². The lowest BCUT2D eigenvalue weighted by molar-refractivity contribution is -0.125. The molecule has 0 aromatic heterocycles. The molecular formula is C15H24N2O. The van der Waals surface area contributed by atoms with Crippen LogP contribution in [-0.4, -0.2) is 18.5 Å². The van der Waals surface area contributed by atoms with E-state index >= 15 is 0 Å². The van der Waals surface area contributed by atoms with Crippen molar-refractivity contribution in [2.45, 2.75) is 39.7 Å². The number of amides is 1. The molecule has 3 nitrogen and oxygen atoms in total. The highest BCUT2D eigenvalue weighted by atomic mass is 16.1.